The number of benzene rings is 2. The van der Waals surface area contributed by atoms with E-state index in [2.05, 4.69) is 36.2 Å². The van der Waals surface area contributed by atoms with Crippen molar-refractivity contribution in [3.63, 3.8) is 0 Å². The monoisotopic (exact) mass is 342 g/mol. The van der Waals surface area contributed by atoms with E-state index in [0.717, 1.165) is 23.7 Å². The zero-order valence-corrected chi connectivity index (χ0v) is 14.8. The van der Waals surface area contributed by atoms with Crippen LogP contribution in [-0.2, 0) is 0 Å². The molecule has 126 valence electrons. The van der Waals surface area contributed by atoms with Gasteiger partial charge in [-0.15, -0.1) is 0 Å². The Morgan fingerprint density at radius 3 is 2.75 bits per heavy atom. The molecule has 0 spiro atoms. The fourth-order valence-electron chi connectivity index (χ4n) is 2.68. The molecule has 0 aromatic heterocycles. The largest absolute Gasteiger partial charge is 0.486 e. The van der Waals surface area contributed by atoms with Crippen LogP contribution in [0.2, 0.25) is 0 Å². The first-order valence-electron chi connectivity index (χ1n) is 8.17. The third-order valence-corrected chi connectivity index (χ3v) is 4.29. The smallest absolute Gasteiger partial charge is 0.173 e. The van der Waals surface area contributed by atoms with E-state index in [1.54, 1.807) is 0 Å². The second-order valence-electron chi connectivity index (χ2n) is 5.84. The highest BCUT2D eigenvalue weighted by atomic mass is 32.1. The number of thiocarbonyl (C=S) groups is 1. The van der Waals surface area contributed by atoms with Crippen molar-refractivity contribution >= 4 is 23.0 Å². The third kappa shape index (κ3) is 3.97. The summed E-state index contributed by atoms with van der Waals surface area (Å²) in [5.74, 6) is 1.60. The summed E-state index contributed by atoms with van der Waals surface area (Å²) in [6.07, 6.45) is -0.0443. The molecule has 0 bridgehead atoms. The number of para-hydroxylation sites is 2. The van der Waals surface area contributed by atoms with Crippen molar-refractivity contribution in [2.75, 3.05) is 25.0 Å². The van der Waals surface area contributed by atoms with Gasteiger partial charge in [0, 0.05) is 12.2 Å². The van der Waals surface area contributed by atoms with Crippen LogP contribution < -0.4 is 14.8 Å². The van der Waals surface area contributed by atoms with Crippen LogP contribution in [0, 0.1) is 6.92 Å². The minimum atomic E-state index is -0.0443. The van der Waals surface area contributed by atoms with Crippen LogP contribution in [0.3, 0.4) is 0 Å². The Labute approximate surface area is 148 Å². The number of nitrogens with zero attached hydrogens (tertiary/aromatic N) is 1. The summed E-state index contributed by atoms with van der Waals surface area (Å²) in [5, 5.41) is 4.00. The van der Waals surface area contributed by atoms with Gasteiger partial charge in [-0.3, -0.25) is 0 Å². The Morgan fingerprint density at radius 1 is 1.21 bits per heavy atom. The first-order valence-corrected chi connectivity index (χ1v) is 8.57. The van der Waals surface area contributed by atoms with E-state index < -0.39 is 0 Å². The lowest BCUT2D eigenvalue weighted by molar-refractivity contribution is 0.0754. The Balaban J connectivity index is 1.61. The third-order valence-electron chi connectivity index (χ3n) is 3.93. The molecule has 4 nitrogen and oxygen atoms in total. The van der Waals surface area contributed by atoms with Gasteiger partial charge in [0.2, 0.25) is 0 Å². The lowest BCUT2D eigenvalue weighted by Gasteiger charge is -2.32. The predicted octanol–water partition coefficient (Wildman–Crippen LogP) is 3.85. The van der Waals surface area contributed by atoms with Crippen LogP contribution in [0.25, 0.3) is 0 Å². The molecule has 1 aliphatic heterocycles. The minimum Gasteiger partial charge on any atom is -0.486 e. The number of hydrogen-bond acceptors (Lipinski definition) is 3. The summed E-state index contributed by atoms with van der Waals surface area (Å²) >= 11 is 5.56. The number of hydrogen-bond donors (Lipinski definition) is 1. The average molecular weight is 342 g/mol. The molecule has 0 unspecified atom stereocenters. The minimum absolute atomic E-state index is 0.0443. The molecule has 1 atom stereocenters. The van der Waals surface area contributed by atoms with Crippen molar-refractivity contribution in [2.45, 2.75) is 20.0 Å². The van der Waals surface area contributed by atoms with Gasteiger partial charge in [0.15, 0.2) is 22.7 Å². The number of rotatable bonds is 4. The fourth-order valence-corrected chi connectivity index (χ4v) is 3.00. The summed E-state index contributed by atoms with van der Waals surface area (Å²) in [5.41, 5.74) is 2.20. The summed E-state index contributed by atoms with van der Waals surface area (Å²) in [4.78, 5) is 2.10. The van der Waals surface area contributed by atoms with Crippen molar-refractivity contribution in [3.8, 4) is 11.5 Å². The molecule has 24 heavy (non-hydrogen) atoms. The second kappa shape index (κ2) is 7.53. The normalized spacial score (nSPS) is 15.7. The number of likely N-dealkylation sites (N-methyl/N-ethyl adjacent to an activating group) is 1. The topological polar surface area (TPSA) is 33.7 Å². The van der Waals surface area contributed by atoms with Crippen molar-refractivity contribution in [1.29, 1.82) is 0 Å². The van der Waals surface area contributed by atoms with Crippen LogP contribution >= 0.6 is 12.2 Å². The van der Waals surface area contributed by atoms with Gasteiger partial charge >= 0.3 is 0 Å². The summed E-state index contributed by atoms with van der Waals surface area (Å²) in [7, 11) is 0. The van der Waals surface area contributed by atoms with Crippen molar-refractivity contribution < 1.29 is 9.47 Å². The molecule has 0 saturated heterocycles. The van der Waals surface area contributed by atoms with E-state index in [4.69, 9.17) is 21.7 Å². The number of aryl methyl sites for hydroxylation is 1. The summed E-state index contributed by atoms with van der Waals surface area (Å²) < 4.78 is 11.8. The Hall–Kier alpha value is -2.27. The van der Waals surface area contributed by atoms with E-state index in [-0.39, 0.29) is 6.10 Å². The molecule has 0 aliphatic carbocycles. The highest BCUT2D eigenvalue weighted by Crippen LogP contribution is 2.31. The van der Waals surface area contributed by atoms with Gasteiger partial charge in [0.05, 0.1) is 6.54 Å². The maximum Gasteiger partial charge on any atom is 0.173 e. The van der Waals surface area contributed by atoms with Gasteiger partial charge in [0.1, 0.15) is 6.61 Å². The van der Waals surface area contributed by atoms with E-state index in [1.165, 1.54) is 5.56 Å². The first kappa shape index (κ1) is 16.6. The highest BCUT2D eigenvalue weighted by Gasteiger charge is 2.23. The van der Waals surface area contributed by atoms with E-state index in [0.29, 0.717) is 18.3 Å². The first-order chi connectivity index (χ1) is 11.7. The van der Waals surface area contributed by atoms with Gasteiger partial charge in [-0.25, -0.2) is 0 Å². The fraction of sp³-hybridized carbons (Fsp3) is 0.316. The van der Waals surface area contributed by atoms with E-state index in [9.17, 15) is 0 Å². The van der Waals surface area contributed by atoms with Crippen molar-refractivity contribution in [3.05, 3.63) is 54.1 Å². The van der Waals surface area contributed by atoms with Crippen molar-refractivity contribution in [2.24, 2.45) is 0 Å². The summed E-state index contributed by atoms with van der Waals surface area (Å²) in [6, 6.07) is 15.9. The number of nitrogens with one attached hydrogen (secondary N) is 1. The molecule has 1 aliphatic rings. The van der Waals surface area contributed by atoms with Gasteiger partial charge in [-0.2, -0.15) is 0 Å². The average Bonchev–Trinajstić information content (AvgIpc) is 2.59. The number of fused-ring (bicyclic) bond motifs is 1. The maximum absolute atomic E-state index is 6.03. The van der Waals surface area contributed by atoms with Crippen LogP contribution in [-0.4, -0.2) is 35.8 Å². The zero-order valence-electron chi connectivity index (χ0n) is 14.0. The molecule has 2 aromatic carbocycles. The van der Waals surface area contributed by atoms with Crippen LogP contribution in [0.5, 0.6) is 11.5 Å². The van der Waals surface area contributed by atoms with Gasteiger partial charge in [-0.1, -0.05) is 24.3 Å². The maximum atomic E-state index is 6.03. The zero-order chi connectivity index (χ0) is 16.9. The predicted molar refractivity (Wildman–Crippen MR) is 101 cm³/mol. The molecule has 2 aromatic rings. The molecule has 5 heteroatoms. The number of anilines is 1. The molecule has 0 saturated carbocycles. The molecule has 0 fully saturated rings. The SMILES string of the molecule is CCN(C[C@@H]1COc2ccccc2O1)C(=S)Nc1cccc(C)c1. The van der Waals surface area contributed by atoms with E-state index >= 15 is 0 Å². The van der Waals surface area contributed by atoms with Crippen LogP contribution in [0.15, 0.2) is 48.5 Å². The van der Waals surface area contributed by atoms with Crippen LogP contribution in [0.4, 0.5) is 5.69 Å². The van der Waals surface area contributed by atoms with Crippen LogP contribution in [0.1, 0.15) is 12.5 Å². The number of ether oxygens (including phenoxy) is 2. The molecule has 1 N–H and O–H groups in total. The Kier molecular flexibility index (Phi) is 5.20. The second-order valence-corrected chi connectivity index (χ2v) is 6.22. The van der Waals surface area contributed by atoms with Gasteiger partial charge in [0.25, 0.3) is 0 Å². The lowest BCUT2D eigenvalue weighted by atomic mass is 10.2. The lowest BCUT2D eigenvalue weighted by Crippen LogP contribution is -2.45. The quantitative estimate of drug-likeness (QED) is 0.854. The van der Waals surface area contributed by atoms with Gasteiger partial charge < -0.3 is 19.7 Å². The Morgan fingerprint density at radius 2 is 2.00 bits per heavy atom. The molecule has 1 heterocycles. The summed E-state index contributed by atoms with van der Waals surface area (Å²) in [6.45, 7) is 6.17. The molecular weight excluding hydrogens is 320 g/mol. The molecule has 0 radical (unpaired) electrons. The van der Waals surface area contributed by atoms with Gasteiger partial charge in [-0.05, 0) is 55.9 Å². The molecular formula is C19H22N2O2S. The van der Waals surface area contributed by atoms with Crippen molar-refractivity contribution in [1.82, 2.24) is 4.90 Å². The standard InChI is InChI=1S/C19H22N2O2S/c1-3-21(19(24)20-15-8-6-7-14(2)11-15)12-16-13-22-17-9-4-5-10-18(17)23-16/h4-11,16H,3,12-13H2,1-2H3,(H,20,24)/t16-/m1/s1. The molecule has 0 amide bonds. The Bertz CT molecular complexity index is 720. The molecule has 3 rings (SSSR count). The highest BCUT2D eigenvalue weighted by molar-refractivity contribution is 7.80. The van der Waals surface area contributed by atoms with E-state index in [1.807, 2.05) is 36.4 Å².